The molecule has 0 saturated carbocycles. The summed E-state index contributed by atoms with van der Waals surface area (Å²) < 4.78 is 10.6. The number of carbonyl (C=O) groups excluding carboxylic acids is 1. The summed E-state index contributed by atoms with van der Waals surface area (Å²) in [4.78, 5) is 13.4. The van der Waals surface area contributed by atoms with E-state index in [4.69, 9.17) is 9.15 Å². The Morgan fingerprint density at radius 3 is 2.67 bits per heavy atom. The Hall–Kier alpha value is -2.80. The topological polar surface area (TPSA) is 77.2 Å². The Morgan fingerprint density at radius 2 is 1.96 bits per heavy atom. The van der Waals surface area contributed by atoms with Crippen LogP contribution in [0, 0.1) is 0 Å². The second-order valence-corrected chi connectivity index (χ2v) is 5.71. The third-order valence-corrected chi connectivity index (χ3v) is 4.06. The molecule has 0 atom stereocenters. The van der Waals surface area contributed by atoms with E-state index in [0.29, 0.717) is 17.2 Å². The van der Waals surface area contributed by atoms with E-state index < -0.39 is 0 Å². The Balaban J connectivity index is 1.74. The fraction of sp³-hybridized carbons (Fsp3) is 0.118. The van der Waals surface area contributed by atoms with Gasteiger partial charge in [-0.3, -0.25) is 10.1 Å². The van der Waals surface area contributed by atoms with Gasteiger partial charge in [-0.1, -0.05) is 11.2 Å². The Kier molecular flexibility index (Phi) is 4.81. The molecule has 0 aliphatic rings. The number of benzene rings is 2. The molecule has 0 unspecified atom stereocenters. The van der Waals surface area contributed by atoms with Crippen molar-refractivity contribution in [2.45, 2.75) is 4.90 Å². The van der Waals surface area contributed by atoms with Crippen LogP contribution in [0.4, 0.5) is 6.01 Å². The predicted octanol–water partition coefficient (Wildman–Crippen LogP) is 3.72. The zero-order valence-corrected chi connectivity index (χ0v) is 14.0. The number of aromatic nitrogens is 2. The molecule has 0 fully saturated rings. The molecule has 3 aromatic rings. The van der Waals surface area contributed by atoms with Gasteiger partial charge in [0.25, 0.3) is 5.91 Å². The molecular weight excluding hydrogens is 326 g/mol. The summed E-state index contributed by atoms with van der Waals surface area (Å²) in [6, 6.07) is 14.6. The average Bonchev–Trinajstić information content (AvgIpc) is 3.10. The highest BCUT2D eigenvalue weighted by molar-refractivity contribution is 7.98. The summed E-state index contributed by atoms with van der Waals surface area (Å²) in [6.07, 6.45) is 2.01. The molecule has 0 saturated heterocycles. The van der Waals surface area contributed by atoms with Crippen LogP contribution in [0.2, 0.25) is 0 Å². The van der Waals surface area contributed by atoms with Crippen LogP contribution in [0.1, 0.15) is 10.4 Å². The molecule has 2 aromatic carbocycles. The van der Waals surface area contributed by atoms with Crippen molar-refractivity contribution in [2.24, 2.45) is 0 Å². The second kappa shape index (κ2) is 7.18. The number of amides is 1. The highest BCUT2D eigenvalue weighted by Gasteiger charge is 2.13. The molecule has 0 spiro atoms. The van der Waals surface area contributed by atoms with Crippen LogP contribution in [-0.2, 0) is 0 Å². The average molecular weight is 341 g/mol. The van der Waals surface area contributed by atoms with Gasteiger partial charge in [-0.05, 0) is 48.7 Å². The van der Waals surface area contributed by atoms with Gasteiger partial charge in [0.15, 0.2) is 0 Å². The molecule has 6 nitrogen and oxygen atoms in total. The summed E-state index contributed by atoms with van der Waals surface area (Å²) in [5, 5.41) is 10.4. The van der Waals surface area contributed by atoms with Gasteiger partial charge in [0.2, 0.25) is 5.89 Å². The molecule has 1 N–H and O–H groups in total. The Morgan fingerprint density at radius 1 is 1.17 bits per heavy atom. The van der Waals surface area contributed by atoms with E-state index in [1.165, 1.54) is 0 Å². The maximum atomic E-state index is 12.2. The monoisotopic (exact) mass is 341 g/mol. The number of carbonyl (C=O) groups is 1. The number of anilines is 1. The Bertz CT molecular complexity index is 846. The van der Waals surface area contributed by atoms with E-state index in [2.05, 4.69) is 15.5 Å². The number of rotatable bonds is 5. The first kappa shape index (κ1) is 16.1. The first-order valence-electron chi connectivity index (χ1n) is 7.13. The fourth-order valence-corrected chi connectivity index (χ4v) is 2.47. The zero-order valence-electron chi connectivity index (χ0n) is 13.1. The van der Waals surface area contributed by atoms with Crippen LogP contribution in [0.3, 0.4) is 0 Å². The maximum absolute atomic E-state index is 12.2. The molecule has 24 heavy (non-hydrogen) atoms. The van der Waals surface area contributed by atoms with Gasteiger partial charge >= 0.3 is 6.01 Å². The van der Waals surface area contributed by atoms with Gasteiger partial charge in [-0.2, -0.15) is 0 Å². The molecular formula is C17H15N3O3S. The van der Waals surface area contributed by atoms with Gasteiger partial charge in [-0.15, -0.1) is 16.9 Å². The molecule has 0 radical (unpaired) electrons. The van der Waals surface area contributed by atoms with Crippen molar-refractivity contribution in [1.82, 2.24) is 10.2 Å². The standard InChI is InChI=1S/C17H15N3O3S/c1-22-13-5-3-4-12(10-13)15(21)18-17-20-19-16(23-17)11-6-8-14(24-2)9-7-11/h3-10H,1-2H3,(H,18,20,21). The quantitative estimate of drug-likeness (QED) is 0.713. The minimum absolute atomic E-state index is 0.0479. The van der Waals surface area contributed by atoms with Gasteiger partial charge < -0.3 is 9.15 Å². The molecule has 1 heterocycles. The van der Waals surface area contributed by atoms with Gasteiger partial charge in [0.05, 0.1) is 7.11 Å². The van der Waals surface area contributed by atoms with Crippen molar-refractivity contribution in [3.8, 4) is 17.2 Å². The number of thioether (sulfide) groups is 1. The summed E-state index contributed by atoms with van der Waals surface area (Å²) in [7, 11) is 1.55. The van der Waals surface area contributed by atoms with Crippen LogP contribution in [-0.4, -0.2) is 29.5 Å². The van der Waals surface area contributed by atoms with Crippen LogP contribution in [0.15, 0.2) is 57.8 Å². The Labute approximate surface area is 143 Å². The highest BCUT2D eigenvalue weighted by atomic mass is 32.2. The smallest absolute Gasteiger partial charge is 0.322 e. The van der Waals surface area contributed by atoms with E-state index in [-0.39, 0.29) is 11.9 Å². The van der Waals surface area contributed by atoms with Crippen molar-refractivity contribution in [3.63, 3.8) is 0 Å². The largest absolute Gasteiger partial charge is 0.497 e. The number of hydrogen-bond acceptors (Lipinski definition) is 6. The lowest BCUT2D eigenvalue weighted by molar-refractivity contribution is 0.102. The van der Waals surface area contributed by atoms with Crippen LogP contribution < -0.4 is 10.1 Å². The van der Waals surface area contributed by atoms with Crippen molar-refractivity contribution in [1.29, 1.82) is 0 Å². The van der Waals surface area contributed by atoms with Crippen molar-refractivity contribution < 1.29 is 13.9 Å². The minimum Gasteiger partial charge on any atom is -0.497 e. The number of methoxy groups -OCH3 is 1. The third kappa shape index (κ3) is 3.57. The van der Waals surface area contributed by atoms with Gasteiger partial charge in [-0.25, -0.2) is 0 Å². The van der Waals surface area contributed by atoms with Gasteiger partial charge in [0, 0.05) is 16.0 Å². The summed E-state index contributed by atoms with van der Waals surface area (Å²) in [5.41, 5.74) is 1.24. The molecule has 3 rings (SSSR count). The maximum Gasteiger partial charge on any atom is 0.322 e. The van der Waals surface area contributed by atoms with E-state index in [9.17, 15) is 4.79 Å². The fourth-order valence-electron chi connectivity index (χ4n) is 2.06. The molecule has 7 heteroatoms. The number of hydrogen-bond donors (Lipinski definition) is 1. The van der Waals surface area contributed by atoms with Crippen LogP contribution in [0.25, 0.3) is 11.5 Å². The van der Waals surface area contributed by atoms with E-state index in [1.807, 2.05) is 30.5 Å². The molecule has 1 amide bonds. The van der Waals surface area contributed by atoms with Crippen LogP contribution >= 0.6 is 11.8 Å². The van der Waals surface area contributed by atoms with E-state index in [1.54, 1.807) is 43.1 Å². The molecule has 0 bridgehead atoms. The number of nitrogens with one attached hydrogen (secondary N) is 1. The lowest BCUT2D eigenvalue weighted by Crippen LogP contribution is -2.12. The van der Waals surface area contributed by atoms with Gasteiger partial charge in [0.1, 0.15) is 5.75 Å². The minimum atomic E-state index is -0.346. The second-order valence-electron chi connectivity index (χ2n) is 4.83. The summed E-state index contributed by atoms with van der Waals surface area (Å²) in [5.74, 6) is 0.605. The third-order valence-electron chi connectivity index (χ3n) is 3.31. The summed E-state index contributed by atoms with van der Waals surface area (Å²) >= 11 is 1.65. The molecule has 0 aliphatic carbocycles. The zero-order chi connectivity index (χ0) is 16.9. The lowest BCUT2D eigenvalue weighted by atomic mass is 10.2. The first-order valence-corrected chi connectivity index (χ1v) is 8.35. The van der Waals surface area contributed by atoms with E-state index >= 15 is 0 Å². The number of ether oxygens (including phenoxy) is 1. The van der Waals surface area contributed by atoms with Crippen molar-refractivity contribution >= 4 is 23.7 Å². The van der Waals surface area contributed by atoms with Crippen molar-refractivity contribution in [3.05, 3.63) is 54.1 Å². The lowest BCUT2D eigenvalue weighted by Gasteiger charge is -2.03. The molecule has 0 aliphatic heterocycles. The first-order chi connectivity index (χ1) is 11.7. The number of nitrogens with zero attached hydrogens (tertiary/aromatic N) is 2. The predicted molar refractivity (Wildman–Crippen MR) is 92.5 cm³/mol. The highest BCUT2D eigenvalue weighted by Crippen LogP contribution is 2.23. The molecule has 122 valence electrons. The van der Waals surface area contributed by atoms with E-state index in [0.717, 1.165) is 10.5 Å². The van der Waals surface area contributed by atoms with Crippen molar-refractivity contribution in [2.75, 3.05) is 18.7 Å². The normalized spacial score (nSPS) is 10.4. The van der Waals surface area contributed by atoms with Crippen LogP contribution in [0.5, 0.6) is 5.75 Å². The molecule has 1 aromatic heterocycles. The SMILES string of the molecule is COc1cccc(C(=O)Nc2nnc(-c3ccc(SC)cc3)o2)c1. The summed E-state index contributed by atoms with van der Waals surface area (Å²) in [6.45, 7) is 0.